The van der Waals surface area contributed by atoms with Gasteiger partial charge >= 0.3 is 0 Å². The highest BCUT2D eigenvalue weighted by atomic mass is 16.3. The van der Waals surface area contributed by atoms with E-state index < -0.39 is 11.2 Å². The molecule has 3 heteroatoms. The lowest BCUT2D eigenvalue weighted by Crippen LogP contribution is -2.54. The summed E-state index contributed by atoms with van der Waals surface area (Å²) in [5, 5.41) is 21.0. The van der Waals surface area contributed by atoms with Gasteiger partial charge in [-0.25, -0.2) is 0 Å². The van der Waals surface area contributed by atoms with Crippen molar-refractivity contribution in [3.63, 3.8) is 0 Å². The van der Waals surface area contributed by atoms with E-state index in [1.807, 2.05) is 25.1 Å². The van der Waals surface area contributed by atoms with Crippen molar-refractivity contribution in [2.45, 2.75) is 70.0 Å². The minimum Gasteiger partial charge on any atom is -0.390 e. The van der Waals surface area contributed by atoms with Gasteiger partial charge < -0.3 is 10.2 Å². The number of rotatable bonds is 1. The van der Waals surface area contributed by atoms with Crippen LogP contribution in [0.1, 0.15) is 74.9 Å². The molecule has 1 saturated carbocycles. The average molecular weight is 302 g/mol. The third kappa shape index (κ3) is 2.22. The molecule has 2 N–H and O–H groups in total. The van der Waals surface area contributed by atoms with Gasteiger partial charge in [-0.1, -0.05) is 19.1 Å². The summed E-state index contributed by atoms with van der Waals surface area (Å²) in [7, 11) is 0. The van der Waals surface area contributed by atoms with Crippen LogP contribution in [0.25, 0.3) is 0 Å². The van der Waals surface area contributed by atoms with Crippen LogP contribution in [-0.4, -0.2) is 21.6 Å². The zero-order valence-electron chi connectivity index (χ0n) is 13.9. The van der Waals surface area contributed by atoms with Crippen molar-refractivity contribution in [2.24, 2.45) is 5.92 Å². The second kappa shape index (κ2) is 4.65. The van der Waals surface area contributed by atoms with Crippen molar-refractivity contribution < 1.29 is 15.0 Å². The van der Waals surface area contributed by atoms with Crippen LogP contribution in [-0.2, 0) is 11.0 Å². The number of benzene rings is 1. The Hall–Kier alpha value is -1.19. The summed E-state index contributed by atoms with van der Waals surface area (Å²) >= 11 is 0. The Labute approximate surface area is 132 Å². The SMILES string of the molecule is CC(C)(O)c1ccc2c(c1)C(=O)C[C@@H]1[C@](C)(O)CCC[C@]21C. The summed E-state index contributed by atoms with van der Waals surface area (Å²) in [5.74, 6) is 0.0625. The first kappa shape index (κ1) is 15.7. The van der Waals surface area contributed by atoms with Gasteiger partial charge in [-0.2, -0.15) is 0 Å². The molecule has 2 aliphatic rings. The zero-order chi connectivity index (χ0) is 16.3. The maximum Gasteiger partial charge on any atom is 0.163 e. The second-order valence-corrected chi connectivity index (χ2v) is 8.13. The lowest BCUT2D eigenvalue weighted by Gasteiger charge is -2.52. The monoisotopic (exact) mass is 302 g/mol. The summed E-state index contributed by atoms with van der Waals surface area (Å²) < 4.78 is 0. The van der Waals surface area contributed by atoms with Gasteiger partial charge in [-0.3, -0.25) is 4.79 Å². The number of fused-ring (bicyclic) bond motifs is 3. The molecular weight excluding hydrogens is 276 g/mol. The first-order chi connectivity index (χ1) is 10.1. The van der Waals surface area contributed by atoms with Crippen molar-refractivity contribution in [2.75, 3.05) is 0 Å². The summed E-state index contributed by atoms with van der Waals surface area (Å²) in [6.07, 6.45) is 3.13. The third-order valence-electron chi connectivity index (χ3n) is 5.93. The topological polar surface area (TPSA) is 57.5 Å². The number of carbonyl (C=O) groups excluding carboxylic acids is 1. The van der Waals surface area contributed by atoms with E-state index in [4.69, 9.17) is 0 Å². The smallest absolute Gasteiger partial charge is 0.163 e. The quantitative estimate of drug-likeness (QED) is 0.837. The molecule has 0 heterocycles. The van der Waals surface area contributed by atoms with E-state index in [9.17, 15) is 15.0 Å². The van der Waals surface area contributed by atoms with Gasteiger partial charge in [0.2, 0.25) is 0 Å². The molecular formula is C19H26O3. The number of hydrogen-bond acceptors (Lipinski definition) is 3. The van der Waals surface area contributed by atoms with E-state index >= 15 is 0 Å². The van der Waals surface area contributed by atoms with Gasteiger partial charge in [0.25, 0.3) is 0 Å². The van der Waals surface area contributed by atoms with E-state index in [0.29, 0.717) is 6.42 Å². The standard InChI is InChI=1S/C19H26O3/c1-17(2,21)12-6-7-14-13(10-12)15(20)11-16-18(14,3)8-5-9-19(16,4)22/h6-7,10,16,21-22H,5,8-9,11H2,1-4H3/t16-,18+,19+/m0/s1. The van der Waals surface area contributed by atoms with Gasteiger partial charge in [0.1, 0.15) is 0 Å². The van der Waals surface area contributed by atoms with Crippen LogP contribution < -0.4 is 0 Å². The van der Waals surface area contributed by atoms with Gasteiger partial charge in [0.05, 0.1) is 11.2 Å². The van der Waals surface area contributed by atoms with E-state index in [0.717, 1.165) is 36.0 Å². The maximum atomic E-state index is 12.7. The molecule has 2 aliphatic carbocycles. The Morgan fingerprint density at radius 1 is 1.23 bits per heavy atom. The summed E-state index contributed by atoms with van der Waals surface area (Å²) in [5.41, 5.74) is 0.644. The largest absolute Gasteiger partial charge is 0.390 e. The van der Waals surface area contributed by atoms with Gasteiger partial charge in [0.15, 0.2) is 5.78 Å². The Balaban J connectivity index is 2.15. The molecule has 1 aromatic rings. The van der Waals surface area contributed by atoms with Crippen molar-refractivity contribution in [1.29, 1.82) is 0 Å². The number of aliphatic hydroxyl groups is 2. The highest BCUT2D eigenvalue weighted by molar-refractivity contribution is 5.99. The molecule has 0 aromatic heterocycles. The molecule has 1 fully saturated rings. The zero-order valence-corrected chi connectivity index (χ0v) is 13.9. The Kier molecular flexibility index (Phi) is 3.32. The Bertz CT molecular complexity index is 624. The molecule has 3 rings (SSSR count). The fourth-order valence-corrected chi connectivity index (χ4v) is 4.56. The fraction of sp³-hybridized carbons (Fsp3) is 0.632. The molecule has 120 valence electrons. The molecule has 0 radical (unpaired) electrons. The minimum absolute atomic E-state index is 0.0262. The first-order valence-electron chi connectivity index (χ1n) is 8.19. The summed E-state index contributed by atoms with van der Waals surface area (Å²) in [4.78, 5) is 12.7. The average Bonchev–Trinajstić information content (AvgIpc) is 2.40. The van der Waals surface area contributed by atoms with Crippen LogP contribution in [0.4, 0.5) is 0 Å². The highest BCUT2D eigenvalue weighted by Gasteiger charge is 2.53. The van der Waals surface area contributed by atoms with Crippen molar-refractivity contribution in [3.05, 3.63) is 34.9 Å². The van der Waals surface area contributed by atoms with Crippen LogP contribution >= 0.6 is 0 Å². The van der Waals surface area contributed by atoms with E-state index in [1.165, 1.54) is 0 Å². The van der Waals surface area contributed by atoms with Crippen LogP contribution in [0, 0.1) is 5.92 Å². The predicted molar refractivity (Wildman–Crippen MR) is 86.0 cm³/mol. The lowest BCUT2D eigenvalue weighted by atomic mass is 9.53. The van der Waals surface area contributed by atoms with Crippen LogP contribution in [0.3, 0.4) is 0 Å². The molecule has 1 aromatic carbocycles. The first-order valence-corrected chi connectivity index (χ1v) is 8.19. The molecule has 0 bridgehead atoms. The summed E-state index contributed by atoms with van der Waals surface area (Å²) in [6.45, 7) is 7.52. The number of carbonyl (C=O) groups is 1. The molecule has 0 aliphatic heterocycles. The Morgan fingerprint density at radius 3 is 2.55 bits per heavy atom. The van der Waals surface area contributed by atoms with Gasteiger partial charge in [-0.05, 0) is 62.6 Å². The van der Waals surface area contributed by atoms with Crippen molar-refractivity contribution in [1.82, 2.24) is 0 Å². The van der Waals surface area contributed by atoms with Gasteiger partial charge in [-0.15, -0.1) is 0 Å². The minimum atomic E-state index is -0.953. The molecule has 22 heavy (non-hydrogen) atoms. The summed E-state index contributed by atoms with van der Waals surface area (Å²) in [6, 6.07) is 5.76. The van der Waals surface area contributed by atoms with Crippen molar-refractivity contribution >= 4 is 5.78 Å². The van der Waals surface area contributed by atoms with E-state index in [-0.39, 0.29) is 17.1 Å². The molecule has 3 nitrogen and oxygen atoms in total. The fourth-order valence-electron chi connectivity index (χ4n) is 4.56. The van der Waals surface area contributed by atoms with E-state index in [1.54, 1.807) is 13.8 Å². The second-order valence-electron chi connectivity index (χ2n) is 8.13. The van der Waals surface area contributed by atoms with Crippen LogP contribution in [0.15, 0.2) is 18.2 Å². The van der Waals surface area contributed by atoms with Crippen LogP contribution in [0.5, 0.6) is 0 Å². The normalized spacial score (nSPS) is 35.0. The van der Waals surface area contributed by atoms with Crippen molar-refractivity contribution in [3.8, 4) is 0 Å². The molecule has 0 saturated heterocycles. The molecule has 0 unspecified atom stereocenters. The van der Waals surface area contributed by atoms with E-state index in [2.05, 4.69) is 6.92 Å². The maximum absolute atomic E-state index is 12.7. The third-order valence-corrected chi connectivity index (χ3v) is 5.93. The number of hydrogen-bond donors (Lipinski definition) is 2. The lowest BCUT2D eigenvalue weighted by molar-refractivity contribution is -0.0703. The molecule has 0 amide bonds. The van der Waals surface area contributed by atoms with Crippen LogP contribution in [0.2, 0.25) is 0 Å². The molecule has 3 atom stereocenters. The number of Topliss-reactive ketones (excluding diaryl/α,β-unsaturated/α-hetero) is 1. The highest BCUT2D eigenvalue weighted by Crippen LogP contribution is 2.53. The molecule has 0 spiro atoms. The Morgan fingerprint density at radius 2 is 1.91 bits per heavy atom. The predicted octanol–water partition coefficient (Wildman–Crippen LogP) is 3.31. The van der Waals surface area contributed by atoms with Gasteiger partial charge in [0, 0.05) is 17.9 Å². The number of ketones is 1.